The minimum Gasteiger partial charge on any atom is -0.337 e. The number of likely N-dealkylation sites (N-methyl/N-ethyl adjacent to an activating group) is 1. The summed E-state index contributed by atoms with van der Waals surface area (Å²) in [6.45, 7) is 7.20. The molecule has 0 spiro atoms. The van der Waals surface area contributed by atoms with E-state index in [4.69, 9.17) is 0 Å². The van der Waals surface area contributed by atoms with Crippen LogP contribution >= 0.6 is 11.3 Å². The molecule has 2 heterocycles. The van der Waals surface area contributed by atoms with Gasteiger partial charge >= 0.3 is 0 Å². The summed E-state index contributed by atoms with van der Waals surface area (Å²) in [6.07, 6.45) is 1.05. The first kappa shape index (κ1) is 13.1. The summed E-state index contributed by atoms with van der Waals surface area (Å²) >= 11 is 1.85. The van der Waals surface area contributed by atoms with Crippen molar-refractivity contribution < 1.29 is 4.79 Å². The zero-order valence-electron chi connectivity index (χ0n) is 11.9. The van der Waals surface area contributed by atoms with E-state index in [0.717, 1.165) is 26.1 Å². The summed E-state index contributed by atoms with van der Waals surface area (Å²) in [6, 6.07) is 4.72. The summed E-state index contributed by atoms with van der Waals surface area (Å²) in [5, 5.41) is 0. The minimum atomic E-state index is 0.254. The Bertz CT molecular complexity index is 484. The standard InChI is InChI=1S/C15H22N2OS/c1-10-9-16(3)6-7-17(10)15(18)13-8-12(13)14-5-4-11(2)19-14/h4-5,10,12-13H,6-9H2,1-3H3. The van der Waals surface area contributed by atoms with Crippen molar-refractivity contribution >= 4 is 17.2 Å². The van der Waals surface area contributed by atoms with E-state index in [2.05, 4.69) is 42.8 Å². The van der Waals surface area contributed by atoms with Crippen LogP contribution in [0.3, 0.4) is 0 Å². The number of nitrogens with zero attached hydrogens (tertiary/aromatic N) is 2. The normalized spacial score (nSPS) is 31.5. The Balaban J connectivity index is 1.63. The van der Waals surface area contributed by atoms with Crippen LogP contribution in [0.2, 0.25) is 0 Å². The quantitative estimate of drug-likeness (QED) is 0.829. The van der Waals surface area contributed by atoms with Crippen molar-refractivity contribution in [3.8, 4) is 0 Å². The number of amides is 1. The van der Waals surface area contributed by atoms with Crippen LogP contribution in [-0.4, -0.2) is 48.4 Å². The van der Waals surface area contributed by atoms with E-state index >= 15 is 0 Å². The lowest BCUT2D eigenvalue weighted by molar-refractivity contribution is -0.136. The number of aryl methyl sites for hydroxylation is 1. The first-order chi connectivity index (χ1) is 9.06. The van der Waals surface area contributed by atoms with E-state index in [1.165, 1.54) is 9.75 Å². The van der Waals surface area contributed by atoms with Gasteiger partial charge in [-0.3, -0.25) is 4.79 Å². The van der Waals surface area contributed by atoms with Crippen LogP contribution in [0.4, 0.5) is 0 Å². The molecular formula is C15H22N2OS. The lowest BCUT2D eigenvalue weighted by atomic mass is 10.1. The third kappa shape index (κ3) is 2.56. The molecule has 1 aliphatic heterocycles. The van der Waals surface area contributed by atoms with Crippen molar-refractivity contribution in [1.29, 1.82) is 0 Å². The summed E-state index contributed by atoms with van der Waals surface area (Å²) < 4.78 is 0. The molecule has 0 aromatic carbocycles. The molecule has 1 amide bonds. The Morgan fingerprint density at radius 3 is 2.79 bits per heavy atom. The van der Waals surface area contributed by atoms with Gasteiger partial charge in [-0.05, 0) is 39.4 Å². The zero-order valence-corrected chi connectivity index (χ0v) is 12.7. The molecule has 1 aliphatic carbocycles. The Morgan fingerprint density at radius 2 is 2.16 bits per heavy atom. The molecule has 0 N–H and O–H groups in total. The van der Waals surface area contributed by atoms with E-state index in [-0.39, 0.29) is 5.92 Å². The highest BCUT2D eigenvalue weighted by molar-refractivity contribution is 7.12. The fourth-order valence-electron chi connectivity index (χ4n) is 3.12. The van der Waals surface area contributed by atoms with Crippen molar-refractivity contribution in [3.63, 3.8) is 0 Å². The van der Waals surface area contributed by atoms with Crippen LogP contribution in [0, 0.1) is 12.8 Å². The predicted octanol–water partition coefficient (Wildman–Crippen LogP) is 2.32. The molecule has 1 aromatic rings. The fraction of sp³-hybridized carbons (Fsp3) is 0.667. The van der Waals surface area contributed by atoms with Crippen molar-refractivity contribution in [2.75, 3.05) is 26.7 Å². The first-order valence-electron chi connectivity index (χ1n) is 7.11. The average Bonchev–Trinajstić information content (AvgIpc) is 3.04. The van der Waals surface area contributed by atoms with E-state index in [1.54, 1.807) is 0 Å². The third-order valence-corrected chi connectivity index (χ3v) is 5.48. The number of thiophene rings is 1. The first-order valence-corrected chi connectivity index (χ1v) is 7.93. The van der Waals surface area contributed by atoms with Gasteiger partial charge in [0.25, 0.3) is 0 Å². The van der Waals surface area contributed by atoms with Crippen LogP contribution in [0.1, 0.15) is 29.0 Å². The van der Waals surface area contributed by atoms with Crippen molar-refractivity contribution in [2.45, 2.75) is 32.2 Å². The molecular weight excluding hydrogens is 256 g/mol. The molecule has 3 nitrogen and oxygen atoms in total. The highest BCUT2D eigenvalue weighted by Gasteiger charge is 2.47. The molecule has 0 bridgehead atoms. The van der Waals surface area contributed by atoms with Gasteiger partial charge in [0.2, 0.25) is 5.91 Å². The molecule has 2 fully saturated rings. The minimum absolute atomic E-state index is 0.254. The summed E-state index contributed by atoms with van der Waals surface area (Å²) in [4.78, 5) is 19.7. The topological polar surface area (TPSA) is 23.6 Å². The van der Waals surface area contributed by atoms with Gasteiger partial charge in [-0.25, -0.2) is 0 Å². The van der Waals surface area contributed by atoms with E-state index in [9.17, 15) is 4.79 Å². The van der Waals surface area contributed by atoms with E-state index in [0.29, 0.717) is 17.9 Å². The average molecular weight is 278 g/mol. The van der Waals surface area contributed by atoms with Gasteiger partial charge in [0, 0.05) is 47.3 Å². The van der Waals surface area contributed by atoms with Crippen LogP contribution in [0.15, 0.2) is 12.1 Å². The fourth-order valence-corrected chi connectivity index (χ4v) is 4.17. The number of hydrogen-bond acceptors (Lipinski definition) is 3. The van der Waals surface area contributed by atoms with Gasteiger partial charge in [-0.2, -0.15) is 0 Å². The van der Waals surface area contributed by atoms with Gasteiger partial charge in [-0.15, -0.1) is 11.3 Å². The maximum absolute atomic E-state index is 12.6. The highest BCUT2D eigenvalue weighted by Crippen LogP contribution is 2.50. The summed E-state index contributed by atoms with van der Waals surface area (Å²) in [5.74, 6) is 1.14. The van der Waals surface area contributed by atoms with Crippen LogP contribution in [0.25, 0.3) is 0 Å². The van der Waals surface area contributed by atoms with Crippen molar-refractivity contribution in [3.05, 3.63) is 21.9 Å². The lowest BCUT2D eigenvalue weighted by Gasteiger charge is -2.38. The van der Waals surface area contributed by atoms with Gasteiger partial charge in [0.15, 0.2) is 0 Å². The molecule has 19 heavy (non-hydrogen) atoms. The smallest absolute Gasteiger partial charge is 0.226 e. The Labute approximate surface area is 119 Å². The lowest BCUT2D eigenvalue weighted by Crippen LogP contribution is -2.53. The number of carbonyl (C=O) groups excluding carboxylic acids is 1. The Hall–Kier alpha value is -0.870. The molecule has 1 saturated heterocycles. The van der Waals surface area contributed by atoms with Crippen LogP contribution < -0.4 is 0 Å². The SMILES string of the molecule is Cc1ccc(C2CC2C(=O)N2CCN(C)CC2C)s1. The maximum atomic E-state index is 12.6. The number of piperazine rings is 1. The molecule has 1 aromatic heterocycles. The summed E-state index contributed by atoms with van der Waals surface area (Å²) in [5.41, 5.74) is 0. The van der Waals surface area contributed by atoms with Gasteiger partial charge < -0.3 is 9.80 Å². The molecule has 104 valence electrons. The third-order valence-electron chi connectivity index (χ3n) is 4.35. The van der Waals surface area contributed by atoms with Crippen LogP contribution in [0.5, 0.6) is 0 Å². The number of hydrogen-bond donors (Lipinski definition) is 0. The highest BCUT2D eigenvalue weighted by atomic mass is 32.1. The molecule has 3 unspecified atom stereocenters. The molecule has 4 heteroatoms. The second-order valence-corrected chi connectivity index (χ2v) is 7.36. The van der Waals surface area contributed by atoms with Crippen molar-refractivity contribution in [1.82, 2.24) is 9.80 Å². The monoisotopic (exact) mass is 278 g/mol. The van der Waals surface area contributed by atoms with Crippen LogP contribution in [-0.2, 0) is 4.79 Å². The number of rotatable bonds is 2. The molecule has 3 atom stereocenters. The van der Waals surface area contributed by atoms with Gasteiger partial charge in [0.1, 0.15) is 0 Å². The van der Waals surface area contributed by atoms with Gasteiger partial charge in [-0.1, -0.05) is 0 Å². The molecule has 1 saturated carbocycles. The largest absolute Gasteiger partial charge is 0.337 e. The zero-order chi connectivity index (χ0) is 13.6. The molecule has 3 rings (SSSR count). The summed E-state index contributed by atoms with van der Waals surface area (Å²) in [7, 11) is 2.13. The van der Waals surface area contributed by atoms with E-state index < -0.39 is 0 Å². The second-order valence-electron chi connectivity index (χ2n) is 6.04. The van der Waals surface area contributed by atoms with Crippen molar-refractivity contribution in [2.24, 2.45) is 5.92 Å². The second kappa shape index (κ2) is 4.91. The molecule has 2 aliphatic rings. The maximum Gasteiger partial charge on any atom is 0.226 e. The Kier molecular flexibility index (Phi) is 3.39. The van der Waals surface area contributed by atoms with Gasteiger partial charge in [0.05, 0.1) is 0 Å². The predicted molar refractivity (Wildman–Crippen MR) is 78.6 cm³/mol. The Morgan fingerprint density at radius 1 is 1.37 bits per heavy atom. The van der Waals surface area contributed by atoms with E-state index in [1.807, 2.05) is 11.3 Å². The number of carbonyl (C=O) groups is 1. The molecule has 0 radical (unpaired) electrons.